The summed E-state index contributed by atoms with van der Waals surface area (Å²) in [5.41, 5.74) is 25.6. The van der Waals surface area contributed by atoms with Crippen LogP contribution in [0.1, 0.15) is 97.3 Å². The fraction of sp³-hybridized carbons (Fsp3) is 0.417. The van der Waals surface area contributed by atoms with E-state index in [2.05, 4.69) is 60.2 Å². The van der Waals surface area contributed by atoms with Crippen LogP contribution in [0.4, 0.5) is 30.6 Å². The van der Waals surface area contributed by atoms with Crippen molar-refractivity contribution < 1.29 is 73.3 Å². The molecule has 28 nitrogen and oxygen atoms in total. The molecule has 3 aliphatic heterocycles. The van der Waals surface area contributed by atoms with Gasteiger partial charge < -0.3 is 71.2 Å². The summed E-state index contributed by atoms with van der Waals surface area (Å²) >= 11 is 0. The maximum Gasteiger partial charge on any atom is 0.425 e. The summed E-state index contributed by atoms with van der Waals surface area (Å²) in [6.45, 7) is 13.0. The smallest absolute Gasteiger partial charge is 0.425 e. The van der Waals surface area contributed by atoms with Crippen molar-refractivity contribution in [1.82, 2.24) is 60.2 Å². The van der Waals surface area contributed by atoms with E-state index in [1.807, 2.05) is 77.9 Å². The van der Waals surface area contributed by atoms with E-state index >= 15 is 0 Å². The Morgan fingerprint density at radius 3 is 1.21 bits per heavy atom. The normalized spacial score (nSPS) is 14.6. The first-order chi connectivity index (χ1) is 43.9. The first-order valence-corrected chi connectivity index (χ1v) is 31.4. The fourth-order valence-corrected chi connectivity index (χ4v) is 12.0. The monoisotopic (exact) mass is 1290 g/mol. The van der Waals surface area contributed by atoms with Crippen LogP contribution in [0.5, 0.6) is 34.5 Å². The van der Waals surface area contributed by atoms with Gasteiger partial charge in [0, 0.05) is 50.2 Å². The number of aryl methyl sites for hydroxylation is 3. The summed E-state index contributed by atoms with van der Waals surface area (Å²) in [5, 5.41) is 5.30. The summed E-state index contributed by atoms with van der Waals surface area (Å²) in [6, 6.07) is 11.5. The topological polar surface area (TPSA) is 374 Å². The van der Waals surface area contributed by atoms with Crippen LogP contribution < -0.4 is 74.7 Å². The number of carbonyl (C=O) groups is 2. The molecule has 0 saturated heterocycles. The Hall–Kier alpha value is -9.85. The number of nitrogens with one attached hydrogen (secondary N) is 6. The maximum absolute atomic E-state index is 14.6. The highest BCUT2D eigenvalue weighted by molar-refractivity contribution is 7.90. The number of hydrogen-bond acceptors (Lipinski definition) is 19. The Labute approximate surface area is 524 Å². The number of sulfonamides is 1. The Morgan fingerprint density at radius 1 is 0.533 bits per heavy atom. The molecule has 0 unspecified atom stereocenters. The fourth-order valence-electron chi connectivity index (χ4n) is 10.6. The second kappa shape index (κ2) is 25.1. The number of nitrogens with two attached hydrogens (primary N) is 3. The predicted octanol–water partition coefficient (Wildman–Crippen LogP) is 3.55. The number of imidazole rings is 3. The van der Waals surface area contributed by atoms with Crippen molar-refractivity contribution in [2.24, 2.45) is 11.3 Å². The van der Waals surface area contributed by atoms with Gasteiger partial charge in [-0.1, -0.05) is 50.7 Å². The van der Waals surface area contributed by atoms with E-state index in [1.54, 1.807) is 0 Å². The van der Waals surface area contributed by atoms with E-state index in [0.717, 1.165) is 57.7 Å². The second-order valence-electron chi connectivity index (χ2n) is 24.0. The van der Waals surface area contributed by atoms with E-state index in [4.69, 9.17) is 45.6 Å². The third-order valence-corrected chi connectivity index (χ3v) is 18.1. The molecule has 9 heterocycles. The molecule has 2 amide bonds. The van der Waals surface area contributed by atoms with Crippen molar-refractivity contribution in [3.05, 3.63) is 105 Å². The minimum atomic E-state index is -3.36. The number of amides is 2. The quantitative estimate of drug-likeness (QED) is 0.0438. The molecule has 484 valence electrons. The predicted molar refractivity (Wildman–Crippen MR) is 324 cm³/mol. The lowest BCUT2D eigenvalue weighted by Crippen LogP contribution is -2.47. The zero-order valence-electron chi connectivity index (χ0n) is 51.3. The van der Waals surface area contributed by atoms with Gasteiger partial charge in [0.2, 0.25) is 59.7 Å². The molecule has 3 aromatic carbocycles. The van der Waals surface area contributed by atoms with Gasteiger partial charge in [-0.3, -0.25) is 9.59 Å². The highest BCUT2D eigenvalue weighted by Crippen LogP contribution is 2.38. The van der Waals surface area contributed by atoms with Crippen molar-refractivity contribution in [3.8, 4) is 34.5 Å². The number of nitrogen functional groups attached to an aromatic ring is 3. The lowest BCUT2D eigenvalue weighted by Gasteiger charge is -2.17. The third kappa shape index (κ3) is 13.5. The minimum absolute atomic E-state index is 0.0107. The number of aromatic nitrogens is 12. The summed E-state index contributed by atoms with van der Waals surface area (Å²) < 4.78 is 107. The second-order valence-corrected chi connectivity index (χ2v) is 26.1. The van der Waals surface area contributed by atoms with E-state index in [1.165, 1.54) is 13.7 Å². The standard InChI is InChI=1S/C21H25FN6O3.C20H21FN6O3.C19H21FN6O4S/c1-11-7-13-14(31-10-30-13)8-12(11)9-15-25-16-17(23)27-20(22)28(18(16)26-15)6-5-24-19(29)21(2,3)4;1-10-6-13-14(30-9-29-13)7-12(10)8-15-24-16-17(22)26-20(21)27(18(16)25-15)5-4-23-19(28)11-2-3-11;1-10-6-13-14(30-9-29-13)7-11(10)8-15-23-16-17(21)25-19(20)26(18(16)24-15)5-4-22-31(27,28)12-2-3-12/h7-8H,5-6,9-10H2,1-4H3,(H3,23,24,25,26,29);6-7,11H,2-5,8-9H2,1H3,(H3,22,23,24,25,28);6-7,12,22H,2-5,8-9H2,1H3,(H2,21,23,24)/p+3. The number of fused-ring (bicyclic) bond motifs is 6. The van der Waals surface area contributed by atoms with E-state index in [-0.39, 0.29) is 99.2 Å². The van der Waals surface area contributed by atoms with Gasteiger partial charge in [0.05, 0.1) is 24.9 Å². The van der Waals surface area contributed by atoms with Crippen LogP contribution in [-0.4, -0.2) is 110 Å². The summed E-state index contributed by atoms with van der Waals surface area (Å²) in [6.07, 6.45) is 2.23. The zero-order chi connectivity index (χ0) is 64.9. The molecular weight excluding hydrogens is 1220 g/mol. The van der Waals surface area contributed by atoms with Crippen molar-refractivity contribution in [3.63, 3.8) is 0 Å². The maximum atomic E-state index is 14.6. The van der Waals surface area contributed by atoms with Gasteiger partial charge in [-0.05, 0) is 116 Å². The van der Waals surface area contributed by atoms with Crippen LogP contribution in [0, 0.1) is 50.3 Å². The Kier molecular flexibility index (Phi) is 17.0. The summed E-state index contributed by atoms with van der Waals surface area (Å²) in [7, 11) is -3.36. The Morgan fingerprint density at radius 2 is 0.870 bits per heavy atom. The average molecular weight is 1290 g/mol. The molecule has 92 heavy (non-hydrogen) atoms. The third-order valence-electron chi connectivity index (χ3n) is 16.1. The summed E-state index contributed by atoms with van der Waals surface area (Å²) in [4.78, 5) is 58.3. The van der Waals surface area contributed by atoms with E-state index in [0.29, 0.717) is 107 Å². The first-order valence-electron chi connectivity index (χ1n) is 29.9. The molecule has 32 heteroatoms. The molecule has 0 spiro atoms. The molecule has 2 fully saturated rings. The van der Waals surface area contributed by atoms with Gasteiger partial charge in [0.1, 0.15) is 0 Å². The SMILES string of the molecule is Cc1cc2c(cc1Cc1nc3c([nH]1)c(N)nc(F)[n+]3CCNC(=O)C(C)(C)C)OCO2.Cc1cc2c(cc1Cc1nc3c([nH]1)c(N)nc(F)[n+]3CCNC(=O)C1CC1)OCO2.Cc1cc2c(cc1Cc1nc3c([nH]1)c(N)nc(F)[n+]3CCNS(=O)(=O)C1CC1)OCO2. The zero-order valence-corrected chi connectivity index (χ0v) is 52.1. The number of hydrogen-bond donors (Lipinski definition) is 9. The number of nitrogens with zero attached hydrogens (tertiary/aromatic N) is 9. The number of anilines is 3. The van der Waals surface area contributed by atoms with Gasteiger partial charge in [0.25, 0.3) is 16.9 Å². The number of benzene rings is 3. The lowest BCUT2D eigenvalue weighted by atomic mass is 9.96. The van der Waals surface area contributed by atoms with Crippen LogP contribution >= 0.6 is 0 Å². The molecule has 0 bridgehead atoms. The van der Waals surface area contributed by atoms with Gasteiger partial charge in [-0.2, -0.15) is 13.7 Å². The minimum Gasteiger partial charge on any atom is -0.454 e. The Bertz CT molecular complexity index is 4510. The number of aromatic amines is 3. The first kappa shape index (κ1) is 62.3. The number of carbonyl (C=O) groups excluding carboxylic acids is 2. The number of ether oxygens (including phenoxy) is 6. The number of H-pyrrole nitrogens is 3. The van der Waals surface area contributed by atoms with Gasteiger partial charge in [0.15, 0.2) is 68.5 Å². The van der Waals surface area contributed by atoms with Crippen LogP contribution in [0.25, 0.3) is 33.5 Å². The highest BCUT2D eigenvalue weighted by Gasteiger charge is 2.36. The number of halogens is 3. The molecule has 14 rings (SSSR count). The van der Waals surface area contributed by atoms with Gasteiger partial charge >= 0.3 is 18.2 Å². The molecule has 6 aromatic heterocycles. The van der Waals surface area contributed by atoms with Crippen molar-refractivity contribution in [2.45, 2.75) is 111 Å². The van der Waals surface area contributed by atoms with Crippen LogP contribution in [-0.2, 0) is 58.5 Å². The van der Waals surface area contributed by atoms with Crippen LogP contribution in [0.2, 0.25) is 0 Å². The number of rotatable bonds is 18. The van der Waals surface area contributed by atoms with Crippen molar-refractivity contribution >= 4 is 72.8 Å². The molecule has 0 atom stereocenters. The van der Waals surface area contributed by atoms with Crippen LogP contribution in [0.3, 0.4) is 0 Å². The van der Waals surface area contributed by atoms with Crippen LogP contribution in [0.15, 0.2) is 36.4 Å². The summed E-state index contributed by atoms with van der Waals surface area (Å²) in [5.74, 6) is 6.07. The average Bonchev–Trinajstić information content (AvgIpc) is 1.63. The highest BCUT2D eigenvalue weighted by atomic mass is 32.2. The molecule has 2 saturated carbocycles. The molecule has 0 radical (unpaired) electrons. The molecule has 9 aromatic rings. The van der Waals surface area contributed by atoms with Crippen molar-refractivity contribution in [2.75, 3.05) is 57.2 Å². The molecule has 12 N–H and O–H groups in total. The van der Waals surface area contributed by atoms with Gasteiger partial charge in [-0.15, -0.1) is 13.2 Å². The largest absolute Gasteiger partial charge is 0.454 e. The molecular formula is C60H70F3N18O10S+3. The van der Waals surface area contributed by atoms with Gasteiger partial charge in [-0.25, -0.2) is 13.1 Å². The van der Waals surface area contributed by atoms with E-state index in [9.17, 15) is 31.2 Å². The Balaban J connectivity index is 0.000000133. The molecule has 2 aliphatic carbocycles. The molecule has 5 aliphatic rings. The van der Waals surface area contributed by atoms with E-state index < -0.39 is 33.7 Å². The van der Waals surface area contributed by atoms with Crippen molar-refractivity contribution in [1.29, 1.82) is 0 Å². The lowest BCUT2D eigenvalue weighted by molar-refractivity contribution is -0.703.